The van der Waals surface area contributed by atoms with E-state index in [-0.39, 0.29) is 11.6 Å². The molecular weight excluding hydrogens is 225 g/mol. The Balaban J connectivity index is 2.87. The van der Waals surface area contributed by atoms with Crippen LogP contribution in [0.25, 0.3) is 0 Å². The number of rotatable bonds is 5. The largest absolute Gasteiger partial charge is 0.393 e. The van der Waals surface area contributed by atoms with Crippen LogP contribution in [0.1, 0.15) is 25.8 Å². The molecule has 0 bridgehead atoms. The Morgan fingerprint density at radius 1 is 1.47 bits per heavy atom. The second-order valence-corrected chi connectivity index (χ2v) is 4.23. The molecule has 1 N–H and O–H groups in total. The van der Waals surface area contributed by atoms with Crippen molar-refractivity contribution >= 4 is 5.69 Å². The van der Waals surface area contributed by atoms with Crippen molar-refractivity contribution in [3.05, 3.63) is 39.7 Å². The van der Waals surface area contributed by atoms with Crippen LogP contribution in [0.2, 0.25) is 0 Å². The Hall–Kier alpha value is -1.49. The lowest BCUT2D eigenvalue weighted by atomic mass is 9.94. The van der Waals surface area contributed by atoms with Gasteiger partial charge < -0.3 is 5.11 Å². The van der Waals surface area contributed by atoms with E-state index in [1.165, 1.54) is 12.1 Å². The van der Waals surface area contributed by atoms with Crippen LogP contribution >= 0.6 is 0 Å². The van der Waals surface area contributed by atoms with E-state index in [0.29, 0.717) is 18.4 Å². The molecule has 2 atom stereocenters. The second-order valence-electron chi connectivity index (χ2n) is 4.23. The van der Waals surface area contributed by atoms with Crippen molar-refractivity contribution in [3.63, 3.8) is 0 Å². The van der Waals surface area contributed by atoms with Crippen molar-refractivity contribution in [3.8, 4) is 0 Å². The minimum absolute atomic E-state index is 0.0543. The van der Waals surface area contributed by atoms with Gasteiger partial charge in [-0.1, -0.05) is 13.8 Å². The number of nitrogens with zero attached hydrogens (tertiary/aromatic N) is 1. The summed E-state index contributed by atoms with van der Waals surface area (Å²) in [6, 6.07) is 3.51. The van der Waals surface area contributed by atoms with Gasteiger partial charge in [-0.15, -0.1) is 0 Å². The SMILES string of the molecule is CCC(O)C(C)Cc1cc(F)cc([N+](=O)[O-])c1. The molecule has 0 aromatic heterocycles. The van der Waals surface area contributed by atoms with Gasteiger partial charge >= 0.3 is 0 Å². The molecule has 0 fully saturated rings. The van der Waals surface area contributed by atoms with Gasteiger partial charge in [0.2, 0.25) is 0 Å². The van der Waals surface area contributed by atoms with Gasteiger partial charge in [0, 0.05) is 6.07 Å². The van der Waals surface area contributed by atoms with Crippen LogP contribution in [0.15, 0.2) is 18.2 Å². The van der Waals surface area contributed by atoms with Crippen LogP contribution in [0, 0.1) is 21.8 Å². The molecule has 1 rings (SSSR count). The van der Waals surface area contributed by atoms with Gasteiger partial charge in [0.25, 0.3) is 5.69 Å². The fraction of sp³-hybridized carbons (Fsp3) is 0.500. The quantitative estimate of drug-likeness (QED) is 0.636. The zero-order valence-corrected chi connectivity index (χ0v) is 9.89. The third kappa shape index (κ3) is 3.78. The van der Waals surface area contributed by atoms with E-state index in [9.17, 15) is 19.6 Å². The number of aliphatic hydroxyl groups excluding tert-OH is 1. The summed E-state index contributed by atoms with van der Waals surface area (Å²) < 4.78 is 13.2. The van der Waals surface area contributed by atoms with Crippen molar-refractivity contribution in [1.82, 2.24) is 0 Å². The molecule has 0 aliphatic heterocycles. The van der Waals surface area contributed by atoms with E-state index >= 15 is 0 Å². The first-order chi connectivity index (χ1) is 7.93. The molecule has 0 aliphatic rings. The summed E-state index contributed by atoms with van der Waals surface area (Å²) in [4.78, 5) is 9.95. The molecule has 0 aliphatic carbocycles. The first kappa shape index (κ1) is 13.6. The zero-order chi connectivity index (χ0) is 13.0. The van der Waals surface area contributed by atoms with Crippen molar-refractivity contribution in [2.75, 3.05) is 0 Å². The average Bonchev–Trinajstić information content (AvgIpc) is 2.26. The molecule has 0 saturated heterocycles. The highest BCUT2D eigenvalue weighted by Crippen LogP contribution is 2.20. The summed E-state index contributed by atoms with van der Waals surface area (Å²) in [5.74, 6) is -0.672. The molecular formula is C12H16FNO3. The van der Waals surface area contributed by atoms with E-state index < -0.39 is 16.8 Å². The summed E-state index contributed by atoms with van der Waals surface area (Å²) in [5.41, 5.74) is 0.287. The van der Waals surface area contributed by atoms with Gasteiger partial charge in [-0.25, -0.2) is 4.39 Å². The van der Waals surface area contributed by atoms with Crippen LogP contribution < -0.4 is 0 Å². The molecule has 0 radical (unpaired) electrons. The van der Waals surface area contributed by atoms with Crippen LogP contribution in [0.4, 0.5) is 10.1 Å². The number of hydrogen-bond donors (Lipinski definition) is 1. The number of non-ortho nitro benzene ring substituents is 1. The Labute approximate surface area is 99.2 Å². The average molecular weight is 241 g/mol. The molecule has 5 heteroatoms. The van der Waals surface area contributed by atoms with Gasteiger partial charge in [-0.3, -0.25) is 10.1 Å². The fourth-order valence-electron chi connectivity index (χ4n) is 1.77. The lowest BCUT2D eigenvalue weighted by Crippen LogP contribution is -2.18. The summed E-state index contributed by atoms with van der Waals surface area (Å²) >= 11 is 0. The van der Waals surface area contributed by atoms with Gasteiger partial charge in [-0.2, -0.15) is 0 Å². The highest BCUT2D eigenvalue weighted by atomic mass is 19.1. The number of nitro benzene ring substituents is 1. The highest BCUT2D eigenvalue weighted by molar-refractivity contribution is 5.35. The third-order valence-corrected chi connectivity index (χ3v) is 2.79. The maximum atomic E-state index is 13.2. The molecule has 4 nitrogen and oxygen atoms in total. The maximum absolute atomic E-state index is 13.2. The Bertz CT molecular complexity index is 409. The summed E-state index contributed by atoms with van der Waals surface area (Å²) in [7, 11) is 0. The van der Waals surface area contributed by atoms with Crippen molar-refractivity contribution in [2.24, 2.45) is 5.92 Å². The summed E-state index contributed by atoms with van der Waals surface area (Å²) in [6.45, 7) is 3.69. The van der Waals surface area contributed by atoms with Gasteiger partial charge in [0.05, 0.1) is 17.1 Å². The number of hydrogen-bond acceptors (Lipinski definition) is 3. The Morgan fingerprint density at radius 3 is 2.65 bits per heavy atom. The number of halogens is 1. The van der Waals surface area contributed by atoms with E-state index in [1.807, 2.05) is 13.8 Å². The van der Waals surface area contributed by atoms with E-state index in [0.717, 1.165) is 6.07 Å². The molecule has 0 spiro atoms. The number of benzene rings is 1. The summed E-state index contributed by atoms with van der Waals surface area (Å²) in [6.07, 6.45) is 0.559. The van der Waals surface area contributed by atoms with Crippen LogP contribution in [0.5, 0.6) is 0 Å². The van der Waals surface area contributed by atoms with E-state index in [1.54, 1.807) is 0 Å². The fourth-order valence-corrected chi connectivity index (χ4v) is 1.77. The smallest absolute Gasteiger partial charge is 0.272 e. The standard InChI is InChI=1S/C12H16FNO3/c1-3-12(15)8(2)4-9-5-10(13)7-11(6-9)14(16)17/h5-8,12,15H,3-4H2,1-2H3. The Kier molecular flexibility index (Phi) is 4.57. The minimum atomic E-state index is -0.618. The third-order valence-electron chi connectivity index (χ3n) is 2.79. The highest BCUT2D eigenvalue weighted by Gasteiger charge is 2.16. The minimum Gasteiger partial charge on any atom is -0.393 e. The summed E-state index contributed by atoms with van der Waals surface area (Å²) in [5, 5.41) is 20.2. The van der Waals surface area contributed by atoms with Crippen LogP contribution in [-0.2, 0) is 6.42 Å². The first-order valence-electron chi connectivity index (χ1n) is 5.56. The molecule has 0 heterocycles. The van der Waals surface area contributed by atoms with E-state index in [4.69, 9.17) is 0 Å². The molecule has 0 amide bonds. The predicted molar refractivity (Wildman–Crippen MR) is 62.2 cm³/mol. The van der Waals surface area contributed by atoms with E-state index in [2.05, 4.69) is 0 Å². The zero-order valence-electron chi connectivity index (χ0n) is 9.89. The molecule has 94 valence electrons. The molecule has 0 saturated carbocycles. The topological polar surface area (TPSA) is 63.4 Å². The lowest BCUT2D eigenvalue weighted by molar-refractivity contribution is -0.385. The molecule has 17 heavy (non-hydrogen) atoms. The monoisotopic (exact) mass is 241 g/mol. The maximum Gasteiger partial charge on any atom is 0.272 e. The van der Waals surface area contributed by atoms with Crippen molar-refractivity contribution < 1.29 is 14.4 Å². The molecule has 1 aromatic carbocycles. The lowest BCUT2D eigenvalue weighted by Gasteiger charge is -2.16. The second kappa shape index (κ2) is 5.72. The first-order valence-corrected chi connectivity index (χ1v) is 5.56. The number of nitro groups is 1. The normalized spacial score (nSPS) is 14.4. The molecule has 1 aromatic rings. The predicted octanol–water partition coefficient (Wildman–Crippen LogP) is 2.68. The van der Waals surface area contributed by atoms with Crippen molar-refractivity contribution in [1.29, 1.82) is 0 Å². The van der Waals surface area contributed by atoms with Crippen molar-refractivity contribution in [2.45, 2.75) is 32.8 Å². The van der Waals surface area contributed by atoms with Gasteiger partial charge in [0.15, 0.2) is 0 Å². The van der Waals surface area contributed by atoms with Gasteiger partial charge in [-0.05, 0) is 30.4 Å². The Morgan fingerprint density at radius 2 is 2.12 bits per heavy atom. The number of aliphatic hydroxyl groups is 1. The van der Waals surface area contributed by atoms with Gasteiger partial charge in [0.1, 0.15) is 5.82 Å². The molecule has 2 unspecified atom stereocenters. The van der Waals surface area contributed by atoms with Crippen LogP contribution in [0.3, 0.4) is 0 Å². The van der Waals surface area contributed by atoms with Crippen LogP contribution in [-0.4, -0.2) is 16.1 Å².